The maximum absolute atomic E-state index is 15.5. The molecule has 0 spiro atoms. The molecule has 0 radical (unpaired) electrons. The molecular formula is C18H18FN3O6. The molecule has 3 aliphatic heterocycles. The van der Waals surface area contributed by atoms with Gasteiger partial charge in [0, 0.05) is 24.2 Å². The van der Waals surface area contributed by atoms with Gasteiger partial charge in [-0.1, -0.05) is 5.16 Å². The van der Waals surface area contributed by atoms with E-state index in [1.807, 2.05) is 13.8 Å². The maximum Gasteiger partial charge on any atom is 0.416 e. The highest BCUT2D eigenvalue weighted by Gasteiger charge is 2.49. The summed E-state index contributed by atoms with van der Waals surface area (Å²) in [5.41, 5.74) is 0.0980. The minimum absolute atomic E-state index is 0.0299. The van der Waals surface area contributed by atoms with E-state index in [0.717, 1.165) is 4.90 Å². The van der Waals surface area contributed by atoms with E-state index in [1.165, 1.54) is 0 Å². The van der Waals surface area contributed by atoms with Crippen molar-refractivity contribution in [2.75, 3.05) is 29.5 Å². The number of morpholine rings is 1. The minimum atomic E-state index is -1.24. The lowest BCUT2D eigenvalue weighted by atomic mass is 9.89. The summed E-state index contributed by atoms with van der Waals surface area (Å²) in [6, 6.07) is -0.757. The second kappa shape index (κ2) is 5.89. The van der Waals surface area contributed by atoms with Crippen LogP contribution in [0.3, 0.4) is 0 Å². The summed E-state index contributed by atoms with van der Waals surface area (Å²) < 4.78 is 31.4. The summed E-state index contributed by atoms with van der Waals surface area (Å²) in [5, 5.41) is 14.9. The van der Waals surface area contributed by atoms with Crippen LogP contribution < -0.4 is 9.80 Å². The molecule has 2 fully saturated rings. The molecule has 0 aliphatic carbocycles. The van der Waals surface area contributed by atoms with E-state index in [4.69, 9.17) is 14.0 Å². The number of carbonyl (C=O) groups excluding carboxylic acids is 2. The third-order valence-corrected chi connectivity index (χ3v) is 5.54. The van der Waals surface area contributed by atoms with Crippen LogP contribution in [0.25, 0.3) is 11.0 Å². The van der Waals surface area contributed by atoms with Gasteiger partial charge in [-0.25, -0.2) is 14.1 Å². The number of carbonyl (C=O) groups is 2. The zero-order valence-electron chi connectivity index (χ0n) is 15.2. The number of hydrogen-bond acceptors (Lipinski definition) is 8. The smallest absolute Gasteiger partial charge is 0.416 e. The third-order valence-electron chi connectivity index (χ3n) is 5.54. The Kier molecular flexibility index (Phi) is 3.65. The Labute approximate surface area is 158 Å². The molecule has 4 atom stereocenters. The van der Waals surface area contributed by atoms with Gasteiger partial charge >= 0.3 is 6.09 Å². The van der Waals surface area contributed by atoms with Gasteiger partial charge in [-0.05, 0) is 13.8 Å². The van der Waals surface area contributed by atoms with Crippen LogP contribution in [-0.4, -0.2) is 60.6 Å². The molecule has 0 saturated carbocycles. The molecule has 5 rings (SSSR count). The van der Waals surface area contributed by atoms with Crippen molar-refractivity contribution >= 4 is 34.9 Å². The first-order chi connectivity index (χ1) is 13.4. The zero-order valence-corrected chi connectivity index (χ0v) is 15.2. The number of aldehydes is 1. The first kappa shape index (κ1) is 17.4. The first-order valence-electron chi connectivity index (χ1n) is 9.06. The predicted octanol–water partition coefficient (Wildman–Crippen LogP) is 1.77. The standard InChI is InChI=1S/C18H18FN3O6/c1-7-3-21(4-8(2)27-7)14-9(5-23)11-12-16(13(14)19)28-20-17(12)22-10(15(11)24)6-26-18(22)25/h5,7-8,10,15,24H,3-4,6H2,1-2H3/t7-,8-,10-,15+/m1/s1. The zero-order chi connectivity index (χ0) is 19.7. The number of hydrogen-bond donors (Lipinski definition) is 1. The number of amides is 1. The van der Waals surface area contributed by atoms with Gasteiger partial charge in [0.25, 0.3) is 0 Å². The van der Waals surface area contributed by atoms with Crippen LogP contribution in [0.1, 0.15) is 35.9 Å². The molecule has 10 heteroatoms. The monoisotopic (exact) mass is 391 g/mol. The summed E-state index contributed by atoms with van der Waals surface area (Å²) in [4.78, 5) is 27.0. The number of fused-ring (bicyclic) bond motifs is 2. The van der Waals surface area contributed by atoms with Gasteiger partial charge in [0.2, 0.25) is 5.58 Å². The molecule has 28 heavy (non-hydrogen) atoms. The van der Waals surface area contributed by atoms with Crippen LogP contribution >= 0.6 is 0 Å². The van der Waals surface area contributed by atoms with Crippen molar-refractivity contribution in [1.82, 2.24) is 5.16 Å². The molecule has 4 heterocycles. The summed E-state index contributed by atoms with van der Waals surface area (Å²) in [7, 11) is 0. The molecule has 0 bridgehead atoms. The maximum atomic E-state index is 15.5. The Bertz CT molecular complexity index is 997. The minimum Gasteiger partial charge on any atom is -0.447 e. The third kappa shape index (κ3) is 2.15. The van der Waals surface area contributed by atoms with Crippen molar-refractivity contribution in [2.24, 2.45) is 0 Å². The molecule has 3 aliphatic rings. The SMILES string of the molecule is C[C@@H]1CN(c2c(C=O)c3c4c(noc4c2F)N2C(=O)OC[C@@H]2[C@@H]3O)C[C@@H](C)O1. The highest BCUT2D eigenvalue weighted by molar-refractivity contribution is 6.08. The first-order valence-corrected chi connectivity index (χ1v) is 9.06. The number of ether oxygens (including phenoxy) is 2. The topological polar surface area (TPSA) is 105 Å². The number of aromatic nitrogens is 1. The van der Waals surface area contributed by atoms with E-state index in [9.17, 15) is 14.7 Å². The van der Waals surface area contributed by atoms with E-state index in [2.05, 4.69) is 5.16 Å². The number of benzene rings is 1. The summed E-state index contributed by atoms with van der Waals surface area (Å²) in [5.74, 6) is -0.695. The van der Waals surface area contributed by atoms with Crippen molar-refractivity contribution in [2.45, 2.75) is 38.2 Å². The fourth-order valence-electron chi connectivity index (χ4n) is 4.53. The average Bonchev–Trinajstić information content (AvgIpc) is 3.24. The van der Waals surface area contributed by atoms with E-state index in [-0.39, 0.29) is 52.4 Å². The van der Waals surface area contributed by atoms with E-state index >= 15 is 4.39 Å². The fraction of sp³-hybridized carbons (Fsp3) is 0.500. The number of anilines is 2. The largest absolute Gasteiger partial charge is 0.447 e. The molecule has 1 amide bonds. The van der Waals surface area contributed by atoms with Crippen molar-refractivity contribution in [1.29, 1.82) is 0 Å². The van der Waals surface area contributed by atoms with Gasteiger partial charge in [0.15, 0.2) is 17.9 Å². The Balaban J connectivity index is 1.79. The molecule has 1 aromatic carbocycles. The van der Waals surface area contributed by atoms with Crippen LogP contribution in [0.4, 0.5) is 20.7 Å². The van der Waals surface area contributed by atoms with Crippen molar-refractivity contribution < 1.29 is 33.1 Å². The highest BCUT2D eigenvalue weighted by atomic mass is 19.1. The predicted molar refractivity (Wildman–Crippen MR) is 94.2 cm³/mol. The number of aliphatic hydroxyl groups is 1. The highest BCUT2D eigenvalue weighted by Crippen LogP contribution is 2.48. The molecule has 148 valence electrons. The average molecular weight is 391 g/mol. The lowest BCUT2D eigenvalue weighted by Gasteiger charge is -2.38. The van der Waals surface area contributed by atoms with E-state index < -0.39 is 24.1 Å². The fourth-order valence-corrected chi connectivity index (χ4v) is 4.53. The molecule has 0 unspecified atom stereocenters. The van der Waals surface area contributed by atoms with Crippen LogP contribution in [0.2, 0.25) is 0 Å². The van der Waals surface area contributed by atoms with Crippen LogP contribution in [0, 0.1) is 5.82 Å². The van der Waals surface area contributed by atoms with Gasteiger partial charge in [-0.2, -0.15) is 0 Å². The summed E-state index contributed by atoms with van der Waals surface area (Å²) >= 11 is 0. The molecule has 2 aromatic rings. The molecule has 9 nitrogen and oxygen atoms in total. The number of nitrogens with zero attached hydrogens (tertiary/aromatic N) is 3. The number of rotatable bonds is 2. The van der Waals surface area contributed by atoms with Gasteiger partial charge in [0.05, 0.1) is 23.3 Å². The Morgan fingerprint density at radius 3 is 2.68 bits per heavy atom. The number of aliphatic hydroxyl groups excluding tert-OH is 1. The summed E-state index contributed by atoms with van der Waals surface area (Å²) in [6.45, 7) is 4.42. The normalized spacial score (nSPS) is 29.2. The van der Waals surface area contributed by atoms with Crippen LogP contribution in [-0.2, 0) is 9.47 Å². The van der Waals surface area contributed by atoms with Gasteiger partial charge in [0.1, 0.15) is 18.8 Å². The second-order valence-corrected chi connectivity index (χ2v) is 7.44. The Morgan fingerprint density at radius 2 is 2.00 bits per heavy atom. The summed E-state index contributed by atoms with van der Waals surface area (Å²) in [6.07, 6.45) is -1.73. The van der Waals surface area contributed by atoms with Crippen molar-refractivity contribution in [3.05, 3.63) is 16.9 Å². The molecule has 2 saturated heterocycles. The molecule has 1 N–H and O–H groups in total. The van der Waals surface area contributed by atoms with Crippen molar-refractivity contribution in [3.8, 4) is 0 Å². The molecule has 1 aromatic heterocycles. The van der Waals surface area contributed by atoms with Gasteiger partial charge in [-0.3, -0.25) is 4.79 Å². The Hall–Kier alpha value is -2.72. The quantitative estimate of drug-likeness (QED) is 0.772. The number of halogens is 1. The molecular weight excluding hydrogens is 373 g/mol. The van der Waals surface area contributed by atoms with E-state index in [1.54, 1.807) is 4.90 Å². The van der Waals surface area contributed by atoms with Crippen molar-refractivity contribution in [3.63, 3.8) is 0 Å². The van der Waals surface area contributed by atoms with Gasteiger partial charge in [-0.15, -0.1) is 0 Å². The lowest BCUT2D eigenvalue weighted by Crippen LogP contribution is -2.46. The van der Waals surface area contributed by atoms with E-state index in [0.29, 0.717) is 19.4 Å². The Morgan fingerprint density at radius 1 is 1.29 bits per heavy atom. The van der Waals surface area contributed by atoms with Crippen LogP contribution in [0.15, 0.2) is 4.52 Å². The second-order valence-electron chi connectivity index (χ2n) is 7.44. The number of cyclic esters (lactones) is 1. The van der Waals surface area contributed by atoms with Gasteiger partial charge < -0.3 is 24.0 Å². The van der Waals surface area contributed by atoms with Crippen LogP contribution in [0.5, 0.6) is 0 Å². The lowest BCUT2D eigenvalue weighted by molar-refractivity contribution is -0.00544.